The number of nitrogens with one attached hydrogen (secondary N) is 2. The molecule has 3 aromatic carbocycles. The predicted octanol–water partition coefficient (Wildman–Crippen LogP) is 5.57. The van der Waals surface area contributed by atoms with Crippen LogP contribution in [0.5, 0.6) is 0 Å². The van der Waals surface area contributed by atoms with Crippen LogP contribution < -0.4 is 14.9 Å². The summed E-state index contributed by atoms with van der Waals surface area (Å²) in [5, 5.41) is 6.41. The van der Waals surface area contributed by atoms with Crippen molar-refractivity contribution in [2.45, 2.75) is 12.1 Å². The molecule has 38 heavy (non-hydrogen) atoms. The number of anilines is 2. The number of rotatable bonds is 6. The fourth-order valence-corrected chi connectivity index (χ4v) is 5.94. The summed E-state index contributed by atoms with van der Waals surface area (Å²) < 4.78 is 28.1. The lowest BCUT2D eigenvalue weighted by Crippen LogP contribution is -2.30. The molecule has 7 nitrogen and oxygen atoms in total. The van der Waals surface area contributed by atoms with Gasteiger partial charge in [-0.05, 0) is 83.7 Å². The van der Waals surface area contributed by atoms with Crippen molar-refractivity contribution >= 4 is 49.5 Å². The Morgan fingerprint density at radius 1 is 0.868 bits per heavy atom. The van der Waals surface area contributed by atoms with E-state index in [1.54, 1.807) is 18.3 Å². The third-order valence-electron chi connectivity index (χ3n) is 6.64. The fraction of sp³-hybridized carbons (Fsp3) is 0.103. The van der Waals surface area contributed by atoms with Crippen LogP contribution in [0.4, 0.5) is 11.4 Å². The SMILES string of the molecule is CS(=O)(=O)Nc1ccc(N2C(=S)N[C@@H](c3ccccn3)[C@@H]2c2cccn2-c2ccc3ccccc3c2)cc1. The molecule has 0 bridgehead atoms. The minimum absolute atomic E-state index is 0.202. The highest BCUT2D eigenvalue weighted by Crippen LogP contribution is 2.42. The Kier molecular flexibility index (Phi) is 6.09. The van der Waals surface area contributed by atoms with Crippen molar-refractivity contribution in [3.05, 3.63) is 121 Å². The molecular weight excluding hydrogens is 514 g/mol. The van der Waals surface area contributed by atoms with Gasteiger partial charge in [0.2, 0.25) is 10.0 Å². The highest BCUT2D eigenvalue weighted by molar-refractivity contribution is 7.92. The third kappa shape index (κ3) is 4.62. The summed E-state index contributed by atoms with van der Waals surface area (Å²) in [6, 6.07) is 31.6. The van der Waals surface area contributed by atoms with Crippen LogP contribution in [-0.4, -0.2) is 29.3 Å². The Labute approximate surface area is 226 Å². The van der Waals surface area contributed by atoms with Crippen molar-refractivity contribution in [1.29, 1.82) is 0 Å². The van der Waals surface area contributed by atoms with Crippen LogP contribution in [0.3, 0.4) is 0 Å². The van der Waals surface area contributed by atoms with Crippen LogP contribution in [-0.2, 0) is 10.0 Å². The van der Waals surface area contributed by atoms with Gasteiger partial charge in [0.05, 0.1) is 18.0 Å². The summed E-state index contributed by atoms with van der Waals surface area (Å²) in [4.78, 5) is 6.72. The summed E-state index contributed by atoms with van der Waals surface area (Å²) in [5.41, 5.74) is 4.31. The summed E-state index contributed by atoms with van der Waals surface area (Å²) in [5.74, 6) is 0. The molecule has 190 valence electrons. The molecule has 3 heterocycles. The quantitative estimate of drug-likeness (QED) is 0.275. The minimum atomic E-state index is -3.38. The first-order valence-corrected chi connectivity index (χ1v) is 14.4. The van der Waals surface area contributed by atoms with Crippen molar-refractivity contribution in [3.8, 4) is 5.69 Å². The molecule has 6 rings (SSSR count). The second kappa shape index (κ2) is 9.59. The van der Waals surface area contributed by atoms with Crippen molar-refractivity contribution < 1.29 is 8.42 Å². The molecule has 0 radical (unpaired) electrons. The second-order valence-electron chi connectivity index (χ2n) is 9.25. The second-order valence-corrected chi connectivity index (χ2v) is 11.4. The van der Waals surface area contributed by atoms with Crippen molar-refractivity contribution in [3.63, 3.8) is 0 Å². The van der Waals surface area contributed by atoms with E-state index in [4.69, 9.17) is 12.2 Å². The van der Waals surface area contributed by atoms with E-state index >= 15 is 0 Å². The summed E-state index contributed by atoms with van der Waals surface area (Å²) >= 11 is 5.86. The average Bonchev–Trinajstić information content (AvgIpc) is 3.53. The van der Waals surface area contributed by atoms with Crippen molar-refractivity contribution in [2.24, 2.45) is 0 Å². The Balaban J connectivity index is 1.46. The average molecular weight is 540 g/mol. The van der Waals surface area contributed by atoms with Gasteiger partial charge in [-0.25, -0.2) is 8.42 Å². The fourth-order valence-electron chi connectivity index (χ4n) is 5.03. The molecule has 0 saturated carbocycles. The van der Waals surface area contributed by atoms with Gasteiger partial charge in [0, 0.05) is 35.1 Å². The number of sulfonamides is 1. The topological polar surface area (TPSA) is 79.3 Å². The van der Waals surface area contributed by atoms with Crippen LogP contribution in [0.15, 0.2) is 109 Å². The molecule has 5 aromatic rings. The van der Waals surface area contributed by atoms with E-state index in [-0.39, 0.29) is 12.1 Å². The number of benzene rings is 3. The molecule has 2 atom stereocenters. The number of pyridine rings is 1. The maximum absolute atomic E-state index is 11.7. The van der Waals surface area contributed by atoms with Gasteiger partial charge in [-0.15, -0.1) is 0 Å². The first-order valence-electron chi connectivity index (χ1n) is 12.1. The smallest absolute Gasteiger partial charge is 0.229 e. The molecule has 0 amide bonds. The predicted molar refractivity (Wildman–Crippen MR) is 156 cm³/mol. The molecule has 9 heteroatoms. The number of hydrogen-bond acceptors (Lipinski definition) is 4. The van der Waals surface area contributed by atoms with E-state index < -0.39 is 10.0 Å². The first-order chi connectivity index (χ1) is 18.4. The van der Waals surface area contributed by atoms with Crippen molar-refractivity contribution in [1.82, 2.24) is 14.9 Å². The van der Waals surface area contributed by atoms with Gasteiger partial charge in [0.25, 0.3) is 0 Å². The highest BCUT2D eigenvalue weighted by atomic mass is 32.2. The van der Waals surface area contributed by atoms with E-state index in [0.29, 0.717) is 10.8 Å². The summed E-state index contributed by atoms with van der Waals surface area (Å²) in [6.45, 7) is 0. The van der Waals surface area contributed by atoms with Gasteiger partial charge in [-0.2, -0.15) is 0 Å². The van der Waals surface area contributed by atoms with Gasteiger partial charge in [0.15, 0.2) is 5.11 Å². The lowest BCUT2D eigenvalue weighted by atomic mass is 10.0. The van der Waals surface area contributed by atoms with Gasteiger partial charge >= 0.3 is 0 Å². The molecule has 0 unspecified atom stereocenters. The molecule has 0 spiro atoms. The largest absolute Gasteiger partial charge is 0.351 e. The number of thiocarbonyl (C=S) groups is 1. The molecule has 0 aliphatic carbocycles. The van der Waals surface area contributed by atoms with Crippen LogP contribution in [0.1, 0.15) is 23.5 Å². The maximum Gasteiger partial charge on any atom is 0.229 e. The normalized spacial score (nSPS) is 17.5. The van der Waals surface area contributed by atoms with E-state index in [1.807, 2.05) is 48.5 Å². The Morgan fingerprint density at radius 2 is 1.61 bits per heavy atom. The third-order valence-corrected chi connectivity index (χ3v) is 7.56. The molecular formula is C29H25N5O2S2. The van der Waals surface area contributed by atoms with Gasteiger partial charge in [-0.1, -0.05) is 36.4 Å². The molecule has 2 N–H and O–H groups in total. The number of aromatic nitrogens is 2. The number of nitrogens with zero attached hydrogens (tertiary/aromatic N) is 3. The van der Waals surface area contributed by atoms with E-state index in [0.717, 1.165) is 34.4 Å². The molecule has 1 aliphatic rings. The van der Waals surface area contributed by atoms with E-state index in [2.05, 4.69) is 67.1 Å². The van der Waals surface area contributed by atoms with Gasteiger partial charge in [-0.3, -0.25) is 9.71 Å². The van der Waals surface area contributed by atoms with E-state index in [1.165, 1.54) is 5.39 Å². The van der Waals surface area contributed by atoms with Crippen LogP contribution in [0.2, 0.25) is 0 Å². The van der Waals surface area contributed by atoms with E-state index in [9.17, 15) is 8.42 Å². The zero-order chi connectivity index (χ0) is 26.3. The first kappa shape index (κ1) is 24.1. The zero-order valence-electron chi connectivity index (χ0n) is 20.5. The number of fused-ring (bicyclic) bond motifs is 1. The Bertz CT molecular complexity index is 1730. The monoisotopic (exact) mass is 539 g/mol. The molecule has 1 fully saturated rings. The molecule has 1 saturated heterocycles. The lowest BCUT2D eigenvalue weighted by Gasteiger charge is -2.29. The molecule has 1 aliphatic heterocycles. The lowest BCUT2D eigenvalue weighted by molar-refractivity contribution is 0.549. The minimum Gasteiger partial charge on any atom is -0.351 e. The van der Waals surface area contributed by atoms with Crippen molar-refractivity contribution in [2.75, 3.05) is 15.9 Å². The van der Waals surface area contributed by atoms with Crippen LogP contribution in [0, 0.1) is 0 Å². The molecule has 2 aromatic heterocycles. The summed E-state index contributed by atoms with van der Waals surface area (Å²) in [7, 11) is -3.38. The summed E-state index contributed by atoms with van der Waals surface area (Å²) in [6.07, 6.45) is 4.98. The Hall–Kier alpha value is -4.21. The highest BCUT2D eigenvalue weighted by Gasteiger charge is 2.42. The zero-order valence-corrected chi connectivity index (χ0v) is 22.2. The standard InChI is InChI=1S/C29H25N5O2S2/c1-38(35,36)32-22-12-15-23(16-13-22)34-28(27(31-29(34)37)25-9-4-5-17-30-25)26-10-6-18-33(26)24-14-11-20-7-2-3-8-21(20)19-24/h2-19,27-28,32H,1H3,(H,31,37)/t27-,28-/m0/s1. The van der Waals surface area contributed by atoms with Crippen LogP contribution >= 0.6 is 12.2 Å². The number of hydrogen-bond donors (Lipinski definition) is 2. The maximum atomic E-state index is 11.7. The Morgan fingerprint density at radius 3 is 2.34 bits per heavy atom. The van der Waals surface area contributed by atoms with Gasteiger partial charge in [0.1, 0.15) is 6.04 Å². The van der Waals surface area contributed by atoms with Gasteiger partial charge < -0.3 is 14.8 Å². The van der Waals surface area contributed by atoms with Crippen LogP contribution in [0.25, 0.3) is 16.5 Å².